The van der Waals surface area contributed by atoms with Gasteiger partial charge in [0.1, 0.15) is 0 Å². The van der Waals surface area contributed by atoms with E-state index in [-0.39, 0.29) is 16.6 Å². The normalized spacial score (nSPS) is 45.8. The average molecular weight is 358 g/mol. The highest BCUT2D eigenvalue weighted by atomic mass is 16.3. The number of aliphatic hydroxyl groups is 1. The van der Waals surface area contributed by atoms with Gasteiger partial charge in [0.05, 0.1) is 0 Å². The van der Waals surface area contributed by atoms with Gasteiger partial charge in [0, 0.05) is 23.5 Å². The van der Waals surface area contributed by atoms with Crippen molar-refractivity contribution in [2.75, 3.05) is 20.7 Å². The molecule has 26 heavy (non-hydrogen) atoms. The fourth-order valence-corrected chi connectivity index (χ4v) is 7.44. The molecule has 0 aliphatic heterocycles. The Hall–Kier alpha value is -0.930. The molecule has 0 aromatic heterocycles. The van der Waals surface area contributed by atoms with E-state index in [1.54, 1.807) is 6.08 Å². The highest BCUT2D eigenvalue weighted by Gasteiger charge is 2.60. The molecule has 1 N–H and O–H groups in total. The molecule has 7 unspecified atom stereocenters. The number of allylic oxidation sites excluding steroid dienone is 4. The maximum atomic E-state index is 11.9. The molecule has 0 bridgehead atoms. The summed E-state index contributed by atoms with van der Waals surface area (Å²) < 4.78 is 0. The summed E-state index contributed by atoms with van der Waals surface area (Å²) >= 11 is 0. The number of fused-ring (bicyclic) bond motifs is 5. The quantitative estimate of drug-likeness (QED) is 0.834. The van der Waals surface area contributed by atoms with E-state index in [4.69, 9.17) is 0 Å². The van der Waals surface area contributed by atoms with Gasteiger partial charge < -0.3 is 10.0 Å². The predicted octanol–water partition coefficient (Wildman–Crippen LogP) is 3.83. The van der Waals surface area contributed by atoms with E-state index in [1.165, 1.54) is 31.3 Å². The van der Waals surface area contributed by atoms with Gasteiger partial charge in [-0.3, -0.25) is 4.79 Å². The number of ketones is 1. The van der Waals surface area contributed by atoms with Gasteiger partial charge in [-0.1, -0.05) is 18.6 Å². The van der Waals surface area contributed by atoms with E-state index < -0.39 is 0 Å². The lowest BCUT2D eigenvalue weighted by molar-refractivity contribution is -0.111. The molecule has 4 aliphatic rings. The molecular formula is C23H35NO2. The second kappa shape index (κ2) is 6.31. The van der Waals surface area contributed by atoms with E-state index in [9.17, 15) is 9.90 Å². The fraction of sp³-hybridized carbons (Fsp3) is 0.783. The lowest BCUT2D eigenvalue weighted by Gasteiger charge is -2.58. The van der Waals surface area contributed by atoms with Crippen molar-refractivity contribution in [3.8, 4) is 0 Å². The maximum absolute atomic E-state index is 11.9. The molecule has 3 nitrogen and oxygen atoms in total. The third-order valence-corrected chi connectivity index (χ3v) is 9.03. The molecular weight excluding hydrogens is 322 g/mol. The topological polar surface area (TPSA) is 40.5 Å². The molecule has 0 radical (unpaired) electrons. The number of aliphatic hydroxyl groups excluding tert-OH is 1. The standard InChI is InChI=1S/C23H35NO2/c1-15(24(3)4)19-7-8-21-18-6-5-16-13-17(26)9-11-22(16,2)20(18)10-12-23(19,21)14-25/h9,11,13,15,18-21,25H,5-8,10,12,14H2,1-4H3. The Balaban J connectivity index is 1.66. The van der Waals surface area contributed by atoms with Crippen LogP contribution in [0.4, 0.5) is 0 Å². The van der Waals surface area contributed by atoms with Gasteiger partial charge in [0.15, 0.2) is 5.78 Å². The van der Waals surface area contributed by atoms with Gasteiger partial charge in [0.25, 0.3) is 0 Å². The van der Waals surface area contributed by atoms with E-state index in [0.717, 1.165) is 12.8 Å². The lowest BCUT2D eigenvalue weighted by Crippen LogP contribution is -2.54. The molecule has 0 amide bonds. The van der Waals surface area contributed by atoms with Crippen LogP contribution in [0.3, 0.4) is 0 Å². The van der Waals surface area contributed by atoms with Crippen molar-refractivity contribution in [2.45, 2.75) is 58.4 Å². The molecule has 0 spiro atoms. The van der Waals surface area contributed by atoms with Crippen LogP contribution < -0.4 is 0 Å². The molecule has 4 aliphatic carbocycles. The molecule has 4 rings (SSSR count). The van der Waals surface area contributed by atoms with Gasteiger partial charge in [0.2, 0.25) is 0 Å². The monoisotopic (exact) mass is 357 g/mol. The number of nitrogens with zero attached hydrogens (tertiary/aromatic N) is 1. The average Bonchev–Trinajstić information content (AvgIpc) is 3.01. The SMILES string of the molecule is CC(C1CCC2C3CCC4=CC(=O)C=CC4(C)C3CCC21CO)N(C)C. The van der Waals surface area contributed by atoms with E-state index in [2.05, 4.69) is 38.9 Å². The lowest BCUT2D eigenvalue weighted by atomic mass is 9.47. The fourth-order valence-electron chi connectivity index (χ4n) is 7.44. The van der Waals surface area contributed by atoms with Crippen molar-refractivity contribution in [1.29, 1.82) is 0 Å². The summed E-state index contributed by atoms with van der Waals surface area (Å²) in [5.41, 5.74) is 1.53. The highest BCUT2D eigenvalue weighted by molar-refractivity contribution is 6.01. The van der Waals surface area contributed by atoms with Crippen LogP contribution in [0.25, 0.3) is 0 Å². The summed E-state index contributed by atoms with van der Waals surface area (Å²) in [5, 5.41) is 10.6. The zero-order chi connectivity index (χ0) is 18.7. The zero-order valence-electron chi connectivity index (χ0n) is 16.9. The van der Waals surface area contributed by atoms with Crippen LogP contribution in [0.2, 0.25) is 0 Å². The Morgan fingerprint density at radius 3 is 2.69 bits per heavy atom. The summed E-state index contributed by atoms with van der Waals surface area (Å²) in [5.74, 6) is 2.72. The highest BCUT2D eigenvalue weighted by Crippen LogP contribution is 2.66. The first-order valence-corrected chi connectivity index (χ1v) is 10.5. The van der Waals surface area contributed by atoms with Gasteiger partial charge >= 0.3 is 0 Å². The van der Waals surface area contributed by atoms with Crippen LogP contribution in [0.15, 0.2) is 23.8 Å². The first-order valence-electron chi connectivity index (χ1n) is 10.5. The predicted molar refractivity (Wildman–Crippen MR) is 105 cm³/mol. The van der Waals surface area contributed by atoms with Crippen LogP contribution in [-0.2, 0) is 4.79 Å². The van der Waals surface area contributed by atoms with Gasteiger partial charge in [-0.2, -0.15) is 0 Å². The first kappa shape index (κ1) is 18.4. The number of rotatable bonds is 3. The molecule has 0 heterocycles. The Labute approximate surface area is 158 Å². The second-order valence-corrected chi connectivity index (χ2v) is 9.92. The molecule has 7 atom stereocenters. The first-order chi connectivity index (χ1) is 12.3. The minimum Gasteiger partial charge on any atom is -0.396 e. The van der Waals surface area contributed by atoms with Gasteiger partial charge in [-0.15, -0.1) is 0 Å². The third-order valence-electron chi connectivity index (χ3n) is 9.03. The maximum Gasteiger partial charge on any atom is 0.178 e. The Bertz CT molecular complexity index is 651. The summed E-state index contributed by atoms with van der Waals surface area (Å²) in [7, 11) is 4.36. The summed E-state index contributed by atoms with van der Waals surface area (Å²) in [4.78, 5) is 14.2. The Morgan fingerprint density at radius 1 is 1.23 bits per heavy atom. The molecule has 3 saturated carbocycles. The number of hydrogen-bond acceptors (Lipinski definition) is 3. The van der Waals surface area contributed by atoms with E-state index >= 15 is 0 Å². The van der Waals surface area contributed by atoms with E-state index in [0.29, 0.717) is 36.3 Å². The third kappa shape index (κ3) is 2.43. The van der Waals surface area contributed by atoms with Crippen molar-refractivity contribution >= 4 is 5.78 Å². The van der Waals surface area contributed by atoms with Crippen LogP contribution in [0.1, 0.15) is 52.4 Å². The summed E-state index contributed by atoms with van der Waals surface area (Å²) in [6.07, 6.45) is 13.0. The Kier molecular flexibility index (Phi) is 4.47. The van der Waals surface area contributed by atoms with Crippen molar-refractivity contribution in [3.63, 3.8) is 0 Å². The van der Waals surface area contributed by atoms with Crippen molar-refractivity contribution in [1.82, 2.24) is 4.90 Å². The molecule has 3 heteroatoms. The number of carbonyl (C=O) groups is 1. The molecule has 0 aromatic rings. The van der Waals surface area contributed by atoms with Crippen molar-refractivity contribution in [2.24, 2.45) is 34.5 Å². The number of carbonyl (C=O) groups excluding carboxylic acids is 1. The van der Waals surface area contributed by atoms with Gasteiger partial charge in [-0.05, 0) is 95.4 Å². The van der Waals surface area contributed by atoms with Crippen molar-refractivity contribution < 1.29 is 9.90 Å². The number of hydrogen-bond donors (Lipinski definition) is 1. The summed E-state index contributed by atoms with van der Waals surface area (Å²) in [6.45, 7) is 5.05. The van der Waals surface area contributed by atoms with Crippen LogP contribution in [-0.4, -0.2) is 42.5 Å². The molecule has 3 fully saturated rings. The smallest absolute Gasteiger partial charge is 0.178 e. The molecule has 0 saturated heterocycles. The van der Waals surface area contributed by atoms with Crippen molar-refractivity contribution in [3.05, 3.63) is 23.8 Å². The molecule has 144 valence electrons. The Morgan fingerprint density at radius 2 is 2.00 bits per heavy atom. The van der Waals surface area contributed by atoms with Crippen LogP contribution in [0.5, 0.6) is 0 Å². The largest absolute Gasteiger partial charge is 0.396 e. The molecule has 0 aromatic carbocycles. The second-order valence-electron chi connectivity index (χ2n) is 9.92. The van der Waals surface area contributed by atoms with Gasteiger partial charge in [-0.25, -0.2) is 0 Å². The van der Waals surface area contributed by atoms with Crippen LogP contribution in [0, 0.1) is 34.5 Å². The summed E-state index contributed by atoms with van der Waals surface area (Å²) in [6, 6.07) is 0.519. The van der Waals surface area contributed by atoms with Crippen LogP contribution >= 0.6 is 0 Å². The minimum atomic E-state index is 0.0592. The minimum absolute atomic E-state index is 0.0592. The zero-order valence-corrected chi connectivity index (χ0v) is 16.9. The van der Waals surface area contributed by atoms with E-state index in [1.807, 2.05) is 6.08 Å².